The van der Waals surface area contributed by atoms with Crippen LogP contribution < -0.4 is 14.8 Å². The van der Waals surface area contributed by atoms with E-state index in [0.717, 1.165) is 35.5 Å². The molecule has 106 valence electrons. The second-order valence-corrected chi connectivity index (χ2v) is 7.83. The molecule has 1 N–H and O–H groups in total. The summed E-state index contributed by atoms with van der Waals surface area (Å²) in [6, 6.07) is 8.25. The number of hydrogen-bond donors (Lipinski definition) is 1. The van der Waals surface area contributed by atoms with Crippen molar-refractivity contribution in [2.45, 2.75) is 13.0 Å². The fraction of sp³-hybridized carbons (Fsp3) is 0.286. The monoisotopic (exact) mass is 417 g/mol. The van der Waals surface area contributed by atoms with Gasteiger partial charge in [-0.15, -0.1) is 11.3 Å². The first-order valence-electron chi connectivity index (χ1n) is 6.25. The van der Waals surface area contributed by atoms with Crippen LogP contribution in [0.15, 0.2) is 32.5 Å². The van der Waals surface area contributed by atoms with Crippen LogP contribution in [0.1, 0.15) is 10.4 Å². The predicted octanol–water partition coefficient (Wildman–Crippen LogP) is 4.33. The second-order valence-electron chi connectivity index (χ2n) is 4.43. The van der Waals surface area contributed by atoms with Crippen LogP contribution in [0.3, 0.4) is 0 Å². The standard InChI is InChI=1S/C14H13Br2NO2S/c15-11-6-13-12(18-8-19-13)5-9(11)7-17-4-3-10-1-2-14(16)20-10/h1-2,5-6,17H,3-4,7-8H2. The number of benzene rings is 1. The van der Waals surface area contributed by atoms with Crippen molar-refractivity contribution in [3.63, 3.8) is 0 Å². The summed E-state index contributed by atoms with van der Waals surface area (Å²) in [5.41, 5.74) is 1.18. The Morgan fingerprint density at radius 1 is 1.15 bits per heavy atom. The Balaban J connectivity index is 1.53. The van der Waals surface area contributed by atoms with Gasteiger partial charge in [0.1, 0.15) is 0 Å². The summed E-state index contributed by atoms with van der Waals surface area (Å²) in [4.78, 5) is 1.38. The molecule has 0 unspecified atom stereocenters. The van der Waals surface area contributed by atoms with E-state index >= 15 is 0 Å². The van der Waals surface area contributed by atoms with Gasteiger partial charge in [-0.05, 0) is 52.2 Å². The average Bonchev–Trinajstić information content (AvgIpc) is 3.03. The van der Waals surface area contributed by atoms with Crippen molar-refractivity contribution in [3.05, 3.63) is 43.0 Å². The molecule has 6 heteroatoms. The summed E-state index contributed by atoms with van der Waals surface area (Å²) in [5.74, 6) is 1.64. The van der Waals surface area contributed by atoms with Crippen LogP contribution in [-0.2, 0) is 13.0 Å². The SMILES string of the molecule is Brc1ccc(CCNCc2cc3c(cc2Br)OCO3)s1. The van der Waals surface area contributed by atoms with Gasteiger partial charge >= 0.3 is 0 Å². The second kappa shape index (κ2) is 6.47. The van der Waals surface area contributed by atoms with E-state index in [2.05, 4.69) is 49.3 Å². The van der Waals surface area contributed by atoms with Crippen LogP contribution >= 0.6 is 43.2 Å². The predicted molar refractivity (Wildman–Crippen MR) is 87.7 cm³/mol. The van der Waals surface area contributed by atoms with Gasteiger partial charge in [-0.3, -0.25) is 0 Å². The quantitative estimate of drug-likeness (QED) is 0.732. The lowest BCUT2D eigenvalue weighted by Crippen LogP contribution is -2.16. The summed E-state index contributed by atoms with van der Waals surface area (Å²) in [7, 11) is 0. The molecule has 3 rings (SSSR count). The van der Waals surface area contributed by atoms with Gasteiger partial charge in [0, 0.05) is 22.4 Å². The van der Waals surface area contributed by atoms with E-state index in [1.165, 1.54) is 14.2 Å². The van der Waals surface area contributed by atoms with Gasteiger partial charge in [0.05, 0.1) is 3.79 Å². The van der Waals surface area contributed by atoms with E-state index in [-0.39, 0.29) is 0 Å². The highest BCUT2D eigenvalue weighted by molar-refractivity contribution is 9.11. The van der Waals surface area contributed by atoms with E-state index in [1.807, 2.05) is 12.1 Å². The maximum absolute atomic E-state index is 5.40. The van der Waals surface area contributed by atoms with Crippen LogP contribution in [0.5, 0.6) is 11.5 Å². The van der Waals surface area contributed by atoms with Crippen molar-refractivity contribution < 1.29 is 9.47 Å². The molecule has 1 aromatic carbocycles. The number of halogens is 2. The van der Waals surface area contributed by atoms with Crippen molar-refractivity contribution in [3.8, 4) is 11.5 Å². The Kier molecular flexibility index (Phi) is 4.65. The number of fused-ring (bicyclic) bond motifs is 1. The summed E-state index contributed by atoms with van der Waals surface area (Å²) >= 11 is 8.84. The molecule has 1 aromatic heterocycles. The lowest BCUT2D eigenvalue weighted by Gasteiger charge is -2.08. The van der Waals surface area contributed by atoms with E-state index in [1.54, 1.807) is 11.3 Å². The van der Waals surface area contributed by atoms with E-state index < -0.39 is 0 Å². The molecule has 2 heterocycles. The van der Waals surface area contributed by atoms with Crippen LogP contribution in [0.25, 0.3) is 0 Å². The first kappa shape index (κ1) is 14.4. The van der Waals surface area contributed by atoms with Crippen LogP contribution in [0.4, 0.5) is 0 Å². The molecule has 0 saturated heterocycles. The van der Waals surface area contributed by atoms with Gasteiger partial charge in [0.25, 0.3) is 0 Å². The van der Waals surface area contributed by atoms with Gasteiger partial charge in [0.2, 0.25) is 6.79 Å². The maximum Gasteiger partial charge on any atom is 0.231 e. The number of ether oxygens (including phenoxy) is 2. The lowest BCUT2D eigenvalue weighted by molar-refractivity contribution is 0.174. The highest BCUT2D eigenvalue weighted by Gasteiger charge is 2.15. The summed E-state index contributed by atoms with van der Waals surface area (Å²) < 4.78 is 13.0. The number of rotatable bonds is 5. The fourth-order valence-corrected chi connectivity index (χ4v) is 3.96. The molecule has 3 nitrogen and oxygen atoms in total. The number of hydrogen-bond acceptors (Lipinski definition) is 4. The van der Waals surface area contributed by atoms with Crippen molar-refractivity contribution in [2.75, 3.05) is 13.3 Å². The Bertz CT molecular complexity index is 615. The molecule has 1 aliphatic heterocycles. The molecule has 0 atom stereocenters. The van der Waals surface area contributed by atoms with Crippen molar-refractivity contribution in [2.24, 2.45) is 0 Å². The summed E-state index contributed by atoms with van der Waals surface area (Å²) in [6.45, 7) is 2.07. The smallest absolute Gasteiger partial charge is 0.231 e. The zero-order valence-electron chi connectivity index (χ0n) is 10.6. The highest BCUT2D eigenvalue weighted by Crippen LogP contribution is 2.36. The largest absolute Gasteiger partial charge is 0.454 e. The van der Waals surface area contributed by atoms with E-state index in [0.29, 0.717) is 6.79 Å². The number of nitrogens with one attached hydrogen (secondary N) is 1. The first-order valence-corrected chi connectivity index (χ1v) is 8.65. The maximum atomic E-state index is 5.40. The molecule has 0 radical (unpaired) electrons. The molecule has 2 aromatic rings. The molecular formula is C14H13Br2NO2S. The van der Waals surface area contributed by atoms with Crippen molar-refractivity contribution >= 4 is 43.2 Å². The molecule has 1 aliphatic rings. The van der Waals surface area contributed by atoms with Gasteiger partial charge in [-0.25, -0.2) is 0 Å². The normalized spacial score (nSPS) is 12.9. The lowest BCUT2D eigenvalue weighted by atomic mass is 10.2. The topological polar surface area (TPSA) is 30.5 Å². The zero-order chi connectivity index (χ0) is 13.9. The summed E-state index contributed by atoms with van der Waals surface area (Å²) in [6.07, 6.45) is 1.04. The average molecular weight is 419 g/mol. The molecule has 0 spiro atoms. The Morgan fingerprint density at radius 3 is 2.70 bits per heavy atom. The van der Waals surface area contributed by atoms with Crippen LogP contribution in [-0.4, -0.2) is 13.3 Å². The molecule has 0 saturated carbocycles. The Labute approximate surface area is 138 Å². The third-order valence-electron chi connectivity index (χ3n) is 3.03. The molecule has 0 amide bonds. The minimum atomic E-state index is 0.311. The van der Waals surface area contributed by atoms with E-state index in [4.69, 9.17) is 9.47 Å². The molecule has 0 aliphatic carbocycles. The molecule has 20 heavy (non-hydrogen) atoms. The minimum Gasteiger partial charge on any atom is -0.454 e. The Morgan fingerprint density at radius 2 is 1.95 bits per heavy atom. The highest BCUT2D eigenvalue weighted by atomic mass is 79.9. The third kappa shape index (κ3) is 3.36. The minimum absolute atomic E-state index is 0.311. The van der Waals surface area contributed by atoms with Gasteiger partial charge < -0.3 is 14.8 Å². The van der Waals surface area contributed by atoms with Gasteiger partial charge in [-0.1, -0.05) is 15.9 Å². The van der Waals surface area contributed by atoms with Gasteiger partial charge in [0.15, 0.2) is 11.5 Å². The van der Waals surface area contributed by atoms with Gasteiger partial charge in [-0.2, -0.15) is 0 Å². The molecular weight excluding hydrogens is 406 g/mol. The van der Waals surface area contributed by atoms with E-state index in [9.17, 15) is 0 Å². The van der Waals surface area contributed by atoms with Crippen molar-refractivity contribution in [1.82, 2.24) is 5.32 Å². The van der Waals surface area contributed by atoms with Crippen LogP contribution in [0.2, 0.25) is 0 Å². The van der Waals surface area contributed by atoms with Crippen molar-refractivity contribution in [1.29, 1.82) is 0 Å². The number of thiophene rings is 1. The first-order chi connectivity index (χ1) is 9.72. The zero-order valence-corrected chi connectivity index (χ0v) is 14.6. The van der Waals surface area contributed by atoms with Crippen LogP contribution in [0, 0.1) is 0 Å². The summed E-state index contributed by atoms with van der Waals surface area (Å²) in [5, 5.41) is 3.46. The fourth-order valence-electron chi connectivity index (χ4n) is 2.02. The molecule has 0 fully saturated rings. The third-order valence-corrected chi connectivity index (χ3v) is 5.46. The Hall–Kier alpha value is -0.560. The molecule has 0 bridgehead atoms.